The fraction of sp³-hybridized carbons (Fsp3) is 0.385. The van der Waals surface area contributed by atoms with Crippen LogP contribution in [-0.2, 0) is 16.0 Å². The van der Waals surface area contributed by atoms with Gasteiger partial charge < -0.3 is 15.4 Å². The lowest BCUT2D eigenvalue weighted by atomic mass is 10.1. The molecule has 1 heterocycles. The molecule has 1 aliphatic heterocycles. The van der Waals surface area contributed by atoms with Gasteiger partial charge in [-0.1, -0.05) is 42.5 Å². The fourth-order valence-electron chi connectivity index (χ4n) is 1.93. The Hall–Kier alpha value is -1.46. The monoisotopic (exact) mass is 264 g/mol. The Kier molecular flexibility index (Phi) is 4.28. The van der Waals surface area contributed by atoms with Gasteiger partial charge in [0.05, 0.1) is 19.6 Å². The van der Waals surface area contributed by atoms with Crippen molar-refractivity contribution in [3.63, 3.8) is 0 Å². The molecule has 96 valence electrons. The summed E-state index contributed by atoms with van der Waals surface area (Å²) in [6.45, 7) is 1.55. The van der Waals surface area contributed by atoms with Gasteiger partial charge in [0.25, 0.3) is 0 Å². The first kappa shape index (κ1) is 13.0. The Bertz CT molecular complexity index is 436. The van der Waals surface area contributed by atoms with E-state index in [0.717, 1.165) is 5.56 Å². The van der Waals surface area contributed by atoms with Crippen molar-refractivity contribution >= 4 is 23.1 Å². The lowest BCUT2D eigenvalue weighted by Gasteiger charge is -2.32. The SMILES string of the molecule is NC(=S)C1CN(C(=O)Cc2ccccc2)CCO1. The minimum atomic E-state index is -0.312. The second kappa shape index (κ2) is 5.93. The maximum absolute atomic E-state index is 12.1. The predicted molar refractivity (Wildman–Crippen MR) is 73.3 cm³/mol. The van der Waals surface area contributed by atoms with Crippen LogP contribution >= 0.6 is 12.2 Å². The van der Waals surface area contributed by atoms with Gasteiger partial charge in [0.1, 0.15) is 11.1 Å². The molecule has 1 aromatic rings. The van der Waals surface area contributed by atoms with Crippen LogP contribution in [-0.4, -0.2) is 41.6 Å². The summed E-state index contributed by atoms with van der Waals surface area (Å²) < 4.78 is 5.41. The molecular weight excluding hydrogens is 248 g/mol. The largest absolute Gasteiger partial charge is 0.391 e. The van der Waals surface area contributed by atoms with Gasteiger partial charge in [0.15, 0.2) is 0 Å². The van der Waals surface area contributed by atoms with Crippen molar-refractivity contribution in [1.82, 2.24) is 4.90 Å². The summed E-state index contributed by atoms with van der Waals surface area (Å²) in [5.74, 6) is 0.0887. The third kappa shape index (κ3) is 3.27. The van der Waals surface area contributed by atoms with Crippen LogP contribution in [0.15, 0.2) is 30.3 Å². The minimum absolute atomic E-state index is 0.0887. The summed E-state index contributed by atoms with van der Waals surface area (Å²) in [7, 11) is 0. The summed E-state index contributed by atoms with van der Waals surface area (Å²) in [4.78, 5) is 14.2. The van der Waals surface area contributed by atoms with Crippen LogP contribution in [0.25, 0.3) is 0 Å². The van der Waals surface area contributed by atoms with E-state index in [1.807, 2.05) is 30.3 Å². The van der Waals surface area contributed by atoms with Crippen molar-refractivity contribution < 1.29 is 9.53 Å². The molecule has 1 aliphatic rings. The van der Waals surface area contributed by atoms with Gasteiger partial charge in [-0.15, -0.1) is 0 Å². The molecule has 1 aromatic carbocycles. The third-order valence-corrected chi connectivity index (χ3v) is 3.20. The molecule has 1 saturated heterocycles. The minimum Gasteiger partial charge on any atom is -0.391 e. The smallest absolute Gasteiger partial charge is 0.227 e. The summed E-state index contributed by atoms with van der Waals surface area (Å²) in [6, 6.07) is 9.69. The summed E-state index contributed by atoms with van der Waals surface area (Å²) in [6.07, 6.45) is 0.0960. The average molecular weight is 264 g/mol. The van der Waals surface area contributed by atoms with Crippen LogP contribution in [0.5, 0.6) is 0 Å². The van der Waals surface area contributed by atoms with Crippen LogP contribution in [0.1, 0.15) is 5.56 Å². The molecule has 1 fully saturated rings. The van der Waals surface area contributed by atoms with Crippen molar-refractivity contribution in [3.05, 3.63) is 35.9 Å². The highest BCUT2D eigenvalue weighted by Crippen LogP contribution is 2.09. The van der Waals surface area contributed by atoms with E-state index in [0.29, 0.717) is 31.1 Å². The molecule has 0 aromatic heterocycles. The molecule has 2 N–H and O–H groups in total. The van der Waals surface area contributed by atoms with Crippen molar-refractivity contribution in [3.8, 4) is 0 Å². The normalized spacial score (nSPS) is 19.6. The second-order valence-corrected chi connectivity index (χ2v) is 4.74. The number of rotatable bonds is 3. The average Bonchev–Trinajstić information content (AvgIpc) is 2.40. The molecule has 0 radical (unpaired) electrons. The molecule has 1 amide bonds. The molecule has 0 aliphatic carbocycles. The van der Waals surface area contributed by atoms with Crippen LogP contribution in [0.3, 0.4) is 0 Å². The summed E-state index contributed by atoms with van der Waals surface area (Å²) >= 11 is 4.90. The first-order chi connectivity index (χ1) is 8.66. The molecule has 1 unspecified atom stereocenters. The van der Waals surface area contributed by atoms with Gasteiger partial charge >= 0.3 is 0 Å². The number of thiocarbonyl (C=S) groups is 1. The number of amides is 1. The van der Waals surface area contributed by atoms with E-state index in [1.165, 1.54) is 0 Å². The highest BCUT2D eigenvalue weighted by atomic mass is 32.1. The van der Waals surface area contributed by atoms with Crippen molar-refractivity contribution in [2.24, 2.45) is 5.73 Å². The van der Waals surface area contributed by atoms with E-state index in [9.17, 15) is 4.79 Å². The van der Waals surface area contributed by atoms with E-state index in [2.05, 4.69) is 0 Å². The maximum Gasteiger partial charge on any atom is 0.227 e. The molecule has 0 bridgehead atoms. The topological polar surface area (TPSA) is 55.6 Å². The van der Waals surface area contributed by atoms with Crippen molar-refractivity contribution in [2.75, 3.05) is 19.7 Å². The zero-order valence-electron chi connectivity index (χ0n) is 10.0. The highest BCUT2D eigenvalue weighted by molar-refractivity contribution is 7.80. The van der Waals surface area contributed by atoms with Crippen LogP contribution in [0.4, 0.5) is 0 Å². The quantitative estimate of drug-likeness (QED) is 0.818. The van der Waals surface area contributed by atoms with E-state index in [1.54, 1.807) is 4.90 Å². The van der Waals surface area contributed by atoms with Gasteiger partial charge in [0.2, 0.25) is 5.91 Å². The van der Waals surface area contributed by atoms with Crippen LogP contribution in [0, 0.1) is 0 Å². The molecule has 1 atom stereocenters. The molecule has 18 heavy (non-hydrogen) atoms. The Morgan fingerprint density at radius 1 is 1.44 bits per heavy atom. The van der Waals surface area contributed by atoms with Crippen LogP contribution in [0.2, 0.25) is 0 Å². The lowest BCUT2D eigenvalue weighted by Crippen LogP contribution is -2.50. The van der Waals surface area contributed by atoms with Gasteiger partial charge in [-0.25, -0.2) is 0 Å². The number of hydrogen-bond acceptors (Lipinski definition) is 3. The van der Waals surface area contributed by atoms with Gasteiger partial charge in [-0.2, -0.15) is 0 Å². The number of ether oxygens (including phenoxy) is 1. The van der Waals surface area contributed by atoms with Gasteiger partial charge in [-0.05, 0) is 5.56 Å². The standard InChI is InChI=1S/C13H16N2O2S/c14-13(18)11-9-15(6-7-17-11)12(16)8-10-4-2-1-3-5-10/h1-5,11H,6-9H2,(H2,14,18). The number of nitrogens with two attached hydrogens (primary N) is 1. The Balaban J connectivity index is 1.95. The van der Waals surface area contributed by atoms with E-state index < -0.39 is 0 Å². The molecule has 2 rings (SSSR count). The predicted octanol–water partition coefficient (Wildman–Crippen LogP) is 0.743. The second-order valence-electron chi connectivity index (χ2n) is 4.26. The first-order valence-electron chi connectivity index (χ1n) is 5.89. The molecule has 4 nitrogen and oxygen atoms in total. The summed E-state index contributed by atoms with van der Waals surface area (Å²) in [5, 5.41) is 0. The number of nitrogens with zero attached hydrogens (tertiary/aromatic N) is 1. The number of morpholine rings is 1. The van der Waals surface area contributed by atoms with Crippen LogP contribution < -0.4 is 5.73 Å². The van der Waals surface area contributed by atoms with Gasteiger partial charge in [0, 0.05) is 6.54 Å². The Labute approximate surface area is 112 Å². The van der Waals surface area contributed by atoms with Gasteiger partial charge in [-0.3, -0.25) is 4.79 Å². The number of carbonyl (C=O) groups excluding carboxylic acids is 1. The van der Waals surface area contributed by atoms with E-state index >= 15 is 0 Å². The van der Waals surface area contributed by atoms with Crippen molar-refractivity contribution in [1.29, 1.82) is 0 Å². The molecule has 0 spiro atoms. The highest BCUT2D eigenvalue weighted by Gasteiger charge is 2.25. The number of benzene rings is 1. The molecular formula is C13H16N2O2S. The Morgan fingerprint density at radius 2 is 2.17 bits per heavy atom. The fourth-order valence-corrected chi connectivity index (χ4v) is 2.07. The zero-order chi connectivity index (χ0) is 13.0. The number of carbonyl (C=O) groups is 1. The third-order valence-electron chi connectivity index (χ3n) is 2.93. The number of hydrogen-bond donors (Lipinski definition) is 1. The van der Waals surface area contributed by atoms with E-state index in [-0.39, 0.29) is 12.0 Å². The van der Waals surface area contributed by atoms with Crippen molar-refractivity contribution in [2.45, 2.75) is 12.5 Å². The maximum atomic E-state index is 12.1. The first-order valence-corrected chi connectivity index (χ1v) is 6.30. The lowest BCUT2D eigenvalue weighted by molar-refractivity contribution is -0.135. The Morgan fingerprint density at radius 3 is 2.83 bits per heavy atom. The zero-order valence-corrected chi connectivity index (χ0v) is 10.9. The van der Waals surface area contributed by atoms with E-state index in [4.69, 9.17) is 22.7 Å². The summed E-state index contributed by atoms with van der Waals surface area (Å²) in [5.41, 5.74) is 6.57. The molecule has 5 heteroatoms. The molecule has 0 saturated carbocycles.